The van der Waals surface area contributed by atoms with Crippen LogP contribution in [0.2, 0.25) is 0 Å². The van der Waals surface area contributed by atoms with Crippen LogP contribution >= 0.6 is 12.2 Å². The zero-order valence-electron chi connectivity index (χ0n) is 24.1. The van der Waals surface area contributed by atoms with Crippen molar-refractivity contribution in [1.29, 1.82) is 0 Å². The summed E-state index contributed by atoms with van der Waals surface area (Å²) in [4.78, 5) is 12.9. The molecule has 5 aliphatic rings. The van der Waals surface area contributed by atoms with Crippen LogP contribution in [0.15, 0.2) is 16.8 Å². The van der Waals surface area contributed by atoms with E-state index in [2.05, 4.69) is 65.1 Å². The van der Waals surface area contributed by atoms with E-state index in [1.54, 1.807) is 0 Å². The van der Waals surface area contributed by atoms with Gasteiger partial charge in [0.2, 0.25) is 0 Å². The van der Waals surface area contributed by atoms with Crippen molar-refractivity contribution in [3.05, 3.63) is 11.6 Å². The van der Waals surface area contributed by atoms with Crippen molar-refractivity contribution in [2.24, 2.45) is 67.5 Å². The van der Waals surface area contributed by atoms with Gasteiger partial charge >= 0.3 is 5.97 Å². The maximum absolute atomic E-state index is 12.9. The van der Waals surface area contributed by atoms with Crippen LogP contribution in [-0.4, -0.2) is 21.9 Å². The van der Waals surface area contributed by atoms with Crippen molar-refractivity contribution in [2.75, 3.05) is 0 Å². The minimum Gasteiger partial charge on any atom is -0.481 e. The summed E-state index contributed by atoms with van der Waals surface area (Å²) in [6.07, 6.45) is 11.8. The molecule has 0 aromatic heterocycles. The molecule has 0 aromatic carbocycles. The van der Waals surface area contributed by atoms with Crippen molar-refractivity contribution < 1.29 is 9.90 Å². The van der Waals surface area contributed by atoms with Crippen LogP contribution in [0.4, 0.5) is 0 Å². The molecule has 0 heterocycles. The summed E-state index contributed by atoms with van der Waals surface area (Å²) in [6.45, 7) is 17.1. The molecule has 9 atom stereocenters. The van der Waals surface area contributed by atoms with Crippen LogP contribution in [0.25, 0.3) is 0 Å². The molecule has 5 rings (SSSR count). The topological polar surface area (TPSA) is 87.7 Å². The molecule has 0 unspecified atom stereocenters. The van der Waals surface area contributed by atoms with Crippen molar-refractivity contribution >= 4 is 29.0 Å². The van der Waals surface area contributed by atoms with Gasteiger partial charge in [-0.3, -0.25) is 10.2 Å². The van der Waals surface area contributed by atoms with Gasteiger partial charge in [-0.25, -0.2) is 0 Å². The lowest BCUT2D eigenvalue weighted by atomic mass is 9.33. The standard InChI is InChI=1S/C31H49N3O2S/c1-18-10-15-31(25(35)36)17-16-29(6)20(24(31)19(18)2)8-9-22-28(5)13-12-23(33-34-26(32)37)27(3,4)21(28)11-14-30(22,29)7/h8,18-19,21-22,24H,9-17H2,1-7H3,(H,35,36)(H3,32,34,37)/b33-23+/t18-,19+,21+,22-,24+,28+,29-,30-,31+/m1/s1. The van der Waals surface area contributed by atoms with E-state index in [0.717, 1.165) is 44.9 Å². The number of aliphatic carboxylic acids is 1. The third-order valence-corrected chi connectivity index (χ3v) is 13.6. The maximum atomic E-state index is 12.9. The minimum atomic E-state index is -0.573. The molecule has 0 bridgehead atoms. The first-order valence-electron chi connectivity index (χ1n) is 14.7. The smallest absolute Gasteiger partial charge is 0.310 e. The molecule has 206 valence electrons. The van der Waals surface area contributed by atoms with E-state index in [0.29, 0.717) is 23.7 Å². The number of fused-ring (bicyclic) bond motifs is 7. The Bertz CT molecular complexity index is 1070. The van der Waals surface area contributed by atoms with Crippen molar-refractivity contribution in [3.63, 3.8) is 0 Å². The highest BCUT2D eigenvalue weighted by molar-refractivity contribution is 7.80. The molecule has 0 amide bonds. The van der Waals surface area contributed by atoms with Gasteiger partial charge in [0, 0.05) is 11.1 Å². The molecular weight excluding hydrogens is 478 g/mol. The molecule has 5 aliphatic carbocycles. The van der Waals surface area contributed by atoms with Crippen LogP contribution in [0, 0.1) is 56.7 Å². The van der Waals surface area contributed by atoms with Gasteiger partial charge < -0.3 is 10.8 Å². The summed E-state index contributed by atoms with van der Waals surface area (Å²) in [5.41, 5.74) is 11.1. The Morgan fingerprint density at radius 1 is 1.05 bits per heavy atom. The molecule has 37 heavy (non-hydrogen) atoms. The lowest BCUT2D eigenvalue weighted by molar-refractivity contribution is -0.180. The second-order valence-corrected chi connectivity index (χ2v) is 15.3. The number of allylic oxidation sites excluding steroid dienone is 2. The summed E-state index contributed by atoms with van der Waals surface area (Å²) in [6, 6.07) is 0. The normalized spacial score (nSPS) is 49.5. The van der Waals surface area contributed by atoms with E-state index in [1.807, 2.05) is 0 Å². The average molecular weight is 528 g/mol. The third-order valence-electron chi connectivity index (χ3n) is 13.5. The van der Waals surface area contributed by atoms with Gasteiger partial charge in [0.15, 0.2) is 5.11 Å². The molecule has 6 heteroatoms. The summed E-state index contributed by atoms with van der Waals surface area (Å²) < 4.78 is 0. The monoisotopic (exact) mass is 527 g/mol. The quantitative estimate of drug-likeness (QED) is 0.206. The second kappa shape index (κ2) is 8.53. The molecule has 0 aromatic rings. The van der Waals surface area contributed by atoms with Crippen LogP contribution in [0.5, 0.6) is 0 Å². The van der Waals surface area contributed by atoms with Crippen molar-refractivity contribution in [2.45, 2.75) is 106 Å². The molecule has 4 N–H and O–H groups in total. The number of hydrazone groups is 1. The number of carboxylic acid groups (broad SMARTS) is 1. The van der Waals surface area contributed by atoms with E-state index >= 15 is 0 Å². The number of rotatable bonds is 2. The Balaban J connectivity index is 1.56. The highest BCUT2D eigenvalue weighted by atomic mass is 32.1. The largest absolute Gasteiger partial charge is 0.481 e. The molecule has 4 saturated carbocycles. The molecule has 5 nitrogen and oxygen atoms in total. The number of hydrogen-bond acceptors (Lipinski definition) is 3. The summed E-state index contributed by atoms with van der Waals surface area (Å²) in [5.74, 6) is 1.75. The van der Waals surface area contributed by atoms with E-state index in [1.165, 1.54) is 24.1 Å². The number of hydrogen-bond donors (Lipinski definition) is 3. The Labute approximate surface area is 229 Å². The molecular formula is C31H49N3O2S. The van der Waals surface area contributed by atoms with Gasteiger partial charge in [-0.2, -0.15) is 5.10 Å². The second-order valence-electron chi connectivity index (χ2n) is 14.9. The van der Waals surface area contributed by atoms with Gasteiger partial charge in [0.05, 0.1) is 5.41 Å². The number of nitrogens with one attached hydrogen (secondary N) is 1. The first kappa shape index (κ1) is 27.1. The van der Waals surface area contributed by atoms with Gasteiger partial charge in [0.25, 0.3) is 0 Å². The van der Waals surface area contributed by atoms with E-state index in [-0.39, 0.29) is 32.7 Å². The fourth-order valence-electron chi connectivity index (χ4n) is 11.0. The summed E-state index contributed by atoms with van der Waals surface area (Å²) >= 11 is 5.03. The predicted molar refractivity (Wildman–Crippen MR) is 154 cm³/mol. The Kier molecular flexibility index (Phi) is 6.26. The van der Waals surface area contributed by atoms with Gasteiger partial charge in [-0.1, -0.05) is 60.1 Å². The van der Waals surface area contributed by atoms with Crippen LogP contribution in [0.1, 0.15) is 106 Å². The van der Waals surface area contributed by atoms with E-state index < -0.39 is 11.4 Å². The number of thiocarbonyl (C=S) groups is 1. The average Bonchev–Trinajstić information content (AvgIpc) is 2.80. The third kappa shape index (κ3) is 3.49. The number of nitrogens with two attached hydrogens (primary N) is 1. The van der Waals surface area contributed by atoms with E-state index in [9.17, 15) is 9.90 Å². The van der Waals surface area contributed by atoms with Crippen LogP contribution in [-0.2, 0) is 4.79 Å². The highest BCUT2D eigenvalue weighted by Crippen LogP contribution is 2.75. The number of nitrogens with zero attached hydrogens (tertiary/aromatic N) is 1. The number of carboxylic acids is 1. The lowest BCUT2D eigenvalue weighted by Crippen LogP contribution is -2.65. The van der Waals surface area contributed by atoms with Crippen molar-refractivity contribution in [1.82, 2.24) is 5.43 Å². The fourth-order valence-corrected chi connectivity index (χ4v) is 11.0. The lowest BCUT2D eigenvalue weighted by Gasteiger charge is -2.71. The number of carbonyl (C=O) groups is 1. The Morgan fingerprint density at radius 2 is 1.76 bits per heavy atom. The Morgan fingerprint density at radius 3 is 2.41 bits per heavy atom. The maximum Gasteiger partial charge on any atom is 0.310 e. The summed E-state index contributed by atoms with van der Waals surface area (Å²) in [7, 11) is 0. The highest BCUT2D eigenvalue weighted by Gasteiger charge is 2.69. The van der Waals surface area contributed by atoms with Gasteiger partial charge in [0.1, 0.15) is 0 Å². The van der Waals surface area contributed by atoms with Crippen LogP contribution < -0.4 is 11.2 Å². The first-order valence-corrected chi connectivity index (χ1v) is 15.1. The predicted octanol–water partition coefficient (Wildman–Crippen LogP) is 6.92. The zero-order valence-corrected chi connectivity index (χ0v) is 24.9. The Hall–Kier alpha value is -1.43. The molecule has 0 radical (unpaired) electrons. The minimum absolute atomic E-state index is 0.0185. The SMILES string of the molecule is C[C@H]1[C@H](C)CC[C@]2(C(=O)O)CC[C@]3(C)C(=CC[C@@H]4[C@@]5(C)CC/C(=N\NC(N)=S)C(C)(C)[C@@H]5CC[C@]43C)[C@H]12. The van der Waals surface area contributed by atoms with Crippen molar-refractivity contribution in [3.8, 4) is 0 Å². The van der Waals surface area contributed by atoms with Crippen LogP contribution in [0.3, 0.4) is 0 Å². The first-order chi connectivity index (χ1) is 17.1. The molecule has 0 saturated heterocycles. The molecule has 0 aliphatic heterocycles. The molecule has 0 spiro atoms. The van der Waals surface area contributed by atoms with E-state index in [4.69, 9.17) is 18.0 Å². The summed E-state index contributed by atoms with van der Waals surface area (Å²) in [5, 5.41) is 15.5. The van der Waals surface area contributed by atoms with Gasteiger partial charge in [-0.05, 0) is 116 Å². The zero-order chi connectivity index (χ0) is 27.2. The fraction of sp³-hybridized carbons (Fsp3) is 0.839. The molecule has 4 fully saturated rings. The van der Waals surface area contributed by atoms with Gasteiger partial charge in [-0.15, -0.1) is 0 Å².